The van der Waals surface area contributed by atoms with Gasteiger partial charge in [-0.3, -0.25) is 14.5 Å². The summed E-state index contributed by atoms with van der Waals surface area (Å²) >= 11 is 6.20. The van der Waals surface area contributed by atoms with Crippen LogP contribution in [0.3, 0.4) is 0 Å². The standard InChI is InChI=1S/C20H20ClN3O3/c1-12-8-9-13(2)16(10-12)22-17(25)11-24-18(26)20(3,23-19(24)27)14-6-4-5-7-15(14)21/h4-10H,11H2,1-3H3,(H,22,25)(H,23,27)/t20-/m1/s1. The molecule has 2 N–H and O–H groups in total. The Kier molecular flexibility index (Phi) is 4.93. The third-order valence-electron chi connectivity index (χ3n) is 4.66. The number of rotatable bonds is 4. The zero-order valence-corrected chi connectivity index (χ0v) is 16.1. The fraction of sp³-hybridized carbons (Fsp3) is 0.250. The summed E-state index contributed by atoms with van der Waals surface area (Å²) in [6, 6.07) is 11.9. The van der Waals surface area contributed by atoms with Crippen LogP contribution in [0, 0.1) is 13.8 Å². The number of carbonyl (C=O) groups excluding carboxylic acids is 3. The van der Waals surface area contributed by atoms with E-state index in [-0.39, 0.29) is 6.54 Å². The lowest BCUT2D eigenvalue weighted by Crippen LogP contribution is -2.42. The number of imide groups is 1. The summed E-state index contributed by atoms with van der Waals surface area (Å²) in [5.74, 6) is -0.965. The van der Waals surface area contributed by atoms with Crippen molar-refractivity contribution < 1.29 is 14.4 Å². The maximum atomic E-state index is 12.9. The first kappa shape index (κ1) is 18.9. The number of aryl methyl sites for hydroxylation is 2. The van der Waals surface area contributed by atoms with Crippen molar-refractivity contribution >= 4 is 35.1 Å². The lowest BCUT2D eigenvalue weighted by Gasteiger charge is -2.23. The normalized spacial score (nSPS) is 19.2. The molecule has 0 aromatic heterocycles. The molecule has 3 rings (SSSR count). The van der Waals surface area contributed by atoms with E-state index in [0.717, 1.165) is 16.0 Å². The summed E-state index contributed by atoms with van der Waals surface area (Å²) in [6.07, 6.45) is 0. The van der Waals surface area contributed by atoms with Gasteiger partial charge >= 0.3 is 6.03 Å². The first-order chi connectivity index (χ1) is 12.7. The Morgan fingerprint density at radius 2 is 1.89 bits per heavy atom. The molecule has 2 aromatic carbocycles. The summed E-state index contributed by atoms with van der Waals surface area (Å²) in [5.41, 5.74) is 1.72. The van der Waals surface area contributed by atoms with Gasteiger partial charge in [0.05, 0.1) is 0 Å². The van der Waals surface area contributed by atoms with E-state index in [2.05, 4.69) is 10.6 Å². The molecule has 1 fully saturated rings. The molecule has 2 aromatic rings. The second-order valence-corrected chi connectivity index (χ2v) is 7.20. The fourth-order valence-corrected chi connectivity index (χ4v) is 3.42. The predicted molar refractivity (Wildman–Crippen MR) is 104 cm³/mol. The van der Waals surface area contributed by atoms with E-state index in [1.165, 1.54) is 0 Å². The van der Waals surface area contributed by atoms with Crippen LogP contribution in [0.25, 0.3) is 0 Å². The van der Waals surface area contributed by atoms with E-state index in [0.29, 0.717) is 16.3 Å². The number of halogens is 1. The maximum Gasteiger partial charge on any atom is 0.325 e. The number of anilines is 1. The van der Waals surface area contributed by atoms with E-state index in [9.17, 15) is 14.4 Å². The highest BCUT2D eigenvalue weighted by Gasteiger charge is 2.50. The minimum Gasteiger partial charge on any atom is -0.324 e. The Labute approximate surface area is 162 Å². The highest BCUT2D eigenvalue weighted by molar-refractivity contribution is 6.32. The molecular weight excluding hydrogens is 366 g/mol. The number of urea groups is 1. The molecule has 0 aliphatic carbocycles. The summed E-state index contributed by atoms with van der Waals surface area (Å²) in [6.45, 7) is 4.99. The summed E-state index contributed by atoms with van der Waals surface area (Å²) in [7, 11) is 0. The molecule has 140 valence electrons. The van der Waals surface area contributed by atoms with Crippen molar-refractivity contribution in [1.82, 2.24) is 10.2 Å². The van der Waals surface area contributed by atoms with Crippen LogP contribution in [0.5, 0.6) is 0 Å². The average molecular weight is 386 g/mol. The summed E-state index contributed by atoms with van der Waals surface area (Å²) < 4.78 is 0. The van der Waals surface area contributed by atoms with Crippen LogP contribution in [-0.4, -0.2) is 29.3 Å². The summed E-state index contributed by atoms with van der Waals surface area (Å²) in [4.78, 5) is 38.6. The number of nitrogens with zero attached hydrogens (tertiary/aromatic N) is 1. The molecule has 4 amide bonds. The Bertz CT molecular complexity index is 944. The van der Waals surface area contributed by atoms with Gasteiger partial charge in [-0.15, -0.1) is 0 Å². The highest BCUT2D eigenvalue weighted by atomic mass is 35.5. The molecule has 1 saturated heterocycles. The molecule has 1 heterocycles. The van der Waals surface area contributed by atoms with Crippen LogP contribution in [-0.2, 0) is 15.1 Å². The first-order valence-electron chi connectivity index (χ1n) is 8.48. The quantitative estimate of drug-likeness (QED) is 0.792. The predicted octanol–water partition coefficient (Wildman–Crippen LogP) is 3.36. The Balaban J connectivity index is 1.79. The molecule has 0 radical (unpaired) electrons. The second kappa shape index (κ2) is 7.04. The van der Waals surface area contributed by atoms with Gasteiger partial charge < -0.3 is 10.6 Å². The lowest BCUT2D eigenvalue weighted by molar-refractivity contribution is -0.133. The molecule has 27 heavy (non-hydrogen) atoms. The molecule has 0 saturated carbocycles. The third kappa shape index (κ3) is 3.53. The molecule has 0 unspecified atom stereocenters. The Hall–Kier alpha value is -2.86. The molecule has 0 spiro atoms. The van der Waals surface area contributed by atoms with E-state index in [4.69, 9.17) is 11.6 Å². The molecule has 7 heteroatoms. The molecule has 0 bridgehead atoms. The van der Waals surface area contributed by atoms with Gasteiger partial charge in [-0.05, 0) is 44.0 Å². The van der Waals surface area contributed by atoms with Crippen molar-refractivity contribution in [2.45, 2.75) is 26.3 Å². The number of benzene rings is 2. The van der Waals surface area contributed by atoms with Crippen LogP contribution < -0.4 is 10.6 Å². The number of amides is 4. The van der Waals surface area contributed by atoms with Crippen molar-refractivity contribution in [3.63, 3.8) is 0 Å². The number of hydrogen-bond acceptors (Lipinski definition) is 3. The third-order valence-corrected chi connectivity index (χ3v) is 4.99. The number of nitrogens with one attached hydrogen (secondary N) is 2. The first-order valence-corrected chi connectivity index (χ1v) is 8.86. The van der Waals surface area contributed by atoms with Gasteiger partial charge in [0.1, 0.15) is 12.1 Å². The average Bonchev–Trinajstić information content (AvgIpc) is 2.82. The SMILES string of the molecule is Cc1ccc(C)c(NC(=O)CN2C(=O)N[C@](C)(c3ccccc3Cl)C2=O)c1. The van der Waals surface area contributed by atoms with Gasteiger partial charge in [0, 0.05) is 16.3 Å². The monoisotopic (exact) mass is 385 g/mol. The van der Waals surface area contributed by atoms with Crippen molar-refractivity contribution in [1.29, 1.82) is 0 Å². The lowest BCUT2D eigenvalue weighted by atomic mass is 9.92. The largest absolute Gasteiger partial charge is 0.325 e. The van der Waals surface area contributed by atoms with Gasteiger partial charge in [-0.25, -0.2) is 4.79 Å². The molecule has 1 aliphatic rings. The van der Waals surface area contributed by atoms with Crippen LogP contribution in [0.4, 0.5) is 10.5 Å². The van der Waals surface area contributed by atoms with E-state index < -0.39 is 23.4 Å². The minimum atomic E-state index is -1.31. The topological polar surface area (TPSA) is 78.5 Å². The maximum absolute atomic E-state index is 12.9. The number of carbonyl (C=O) groups is 3. The van der Waals surface area contributed by atoms with Crippen molar-refractivity contribution in [3.05, 3.63) is 64.2 Å². The van der Waals surface area contributed by atoms with Crippen molar-refractivity contribution in [2.24, 2.45) is 0 Å². The van der Waals surface area contributed by atoms with Crippen LogP contribution in [0.2, 0.25) is 5.02 Å². The van der Waals surface area contributed by atoms with Crippen molar-refractivity contribution in [3.8, 4) is 0 Å². The Morgan fingerprint density at radius 1 is 1.19 bits per heavy atom. The smallest absolute Gasteiger partial charge is 0.324 e. The van der Waals surface area contributed by atoms with E-state index in [1.54, 1.807) is 31.2 Å². The fourth-order valence-electron chi connectivity index (χ4n) is 3.09. The van der Waals surface area contributed by atoms with Gasteiger partial charge in [0.25, 0.3) is 5.91 Å². The van der Waals surface area contributed by atoms with Crippen molar-refractivity contribution in [2.75, 3.05) is 11.9 Å². The number of hydrogen-bond donors (Lipinski definition) is 2. The zero-order chi connectivity index (χ0) is 19.8. The van der Waals surface area contributed by atoms with Crippen LogP contribution in [0.15, 0.2) is 42.5 Å². The molecule has 1 aliphatic heterocycles. The minimum absolute atomic E-state index is 0.371. The Morgan fingerprint density at radius 3 is 2.59 bits per heavy atom. The van der Waals surface area contributed by atoms with Gasteiger partial charge in [0.2, 0.25) is 5.91 Å². The zero-order valence-electron chi connectivity index (χ0n) is 15.3. The summed E-state index contributed by atoms with van der Waals surface area (Å²) in [5, 5.41) is 5.78. The molecule has 6 nitrogen and oxygen atoms in total. The van der Waals surface area contributed by atoms with Gasteiger partial charge in [-0.1, -0.05) is 41.9 Å². The molecular formula is C20H20ClN3O3. The van der Waals surface area contributed by atoms with E-state index >= 15 is 0 Å². The van der Waals surface area contributed by atoms with E-state index in [1.807, 2.05) is 32.0 Å². The van der Waals surface area contributed by atoms with Gasteiger partial charge in [0.15, 0.2) is 0 Å². The molecule has 1 atom stereocenters. The highest BCUT2D eigenvalue weighted by Crippen LogP contribution is 2.33. The van der Waals surface area contributed by atoms with Crippen LogP contribution in [0.1, 0.15) is 23.6 Å². The van der Waals surface area contributed by atoms with Gasteiger partial charge in [-0.2, -0.15) is 0 Å². The second-order valence-electron chi connectivity index (χ2n) is 6.79. The van der Waals surface area contributed by atoms with Crippen LogP contribution >= 0.6 is 11.6 Å².